The molecule has 10 nitrogen and oxygen atoms in total. The number of carbonyl (C=O) groups is 1. The fourth-order valence-electron chi connectivity index (χ4n) is 4.91. The Morgan fingerprint density at radius 3 is 2.57 bits per heavy atom. The highest BCUT2D eigenvalue weighted by Gasteiger charge is 2.20. The van der Waals surface area contributed by atoms with Crippen molar-refractivity contribution in [3.63, 3.8) is 0 Å². The fourth-order valence-corrected chi connectivity index (χ4v) is 4.91. The first-order chi connectivity index (χ1) is 22.8. The number of anilines is 3. The molecular weight excluding hydrogens is 604 g/mol. The number of methoxy groups -OCH3 is 1. The van der Waals surface area contributed by atoms with Gasteiger partial charge in [-0.3, -0.25) is 9.20 Å². The Morgan fingerprint density at radius 2 is 1.74 bits per heavy atom. The minimum atomic E-state index is -1.13. The van der Waals surface area contributed by atoms with E-state index in [1.54, 1.807) is 49.7 Å². The molecule has 0 aliphatic rings. The van der Waals surface area contributed by atoms with Gasteiger partial charge in [0, 0.05) is 36.1 Å². The standard InChI is InChI=1S/C35H31F2N7O3/c1-43(2)18-19-47-29-13-5-4-11-26(29)40-35-38-16-14-28(41-35)33-32(42-30-21-24(46-3)15-17-44(30)33)22-8-6-9-23(20-22)34(45)39-27-12-7-10-25(36)31(27)37/h4-17,20-21H,18-19H2,1-3H3,(H,39,45)(H,38,40,41). The first-order valence-electron chi connectivity index (χ1n) is 14.7. The Balaban J connectivity index is 1.37. The number of rotatable bonds is 11. The molecule has 0 saturated heterocycles. The molecule has 0 bridgehead atoms. The van der Waals surface area contributed by atoms with Crippen LogP contribution in [-0.2, 0) is 0 Å². The third kappa shape index (κ3) is 6.87. The van der Waals surface area contributed by atoms with Crippen LogP contribution in [0.25, 0.3) is 28.3 Å². The predicted molar refractivity (Wildman–Crippen MR) is 176 cm³/mol. The van der Waals surface area contributed by atoms with Crippen LogP contribution < -0.4 is 20.1 Å². The van der Waals surface area contributed by atoms with Crippen LogP contribution in [0.1, 0.15) is 10.4 Å². The molecule has 47 heavy (non-hydrogen) atoms. The number of hydrogen-bond donors (Lipinski definition) is 2. The third-order valence-corrected chi connectivity index (χ3v) is 7.26. The fraction of sp³-hybridized carbons (Fsp3) is 0.143. The second kappa shape index (κ2) is 13.6. The van der Waals surface area contributed by atoms with Crippen molar-refractivity contribution in [1.29, 1.82) is 0 Å². The summed E-state index contributed by atoms with van der Waals surface area (Å²) in [5.41, 5.74) is 3.58. The van der Waals surface area contributed by atoms with Crippen LogP contribution in [0.5, 0.6) is 11.5 Å². The molecule has 0 aliphatic heterocycles. The molecule has 12 heteroatoms. The topological polar surface area (TPSA) is 106 Å². The number of halogens is 2. The van der Waals surface area contributed by atoms with Crippen LogP contribution in [0, 0.1) is 11.6 Å². The minimum absolute atomic E-state index is 0.225. The lowest BCUT2D eigenvalue weighted by molar-refractivity contribution is 0.102. The van der Waals surface area contributed by atoms with Gasteiger partial charge in [-0.15, -0.1) is 0 Å². The Labute approximate surface area is 269 Å². The molecule has 0 saturated carbocycles. The monoisotopic (exact) mass is 635 g/mol. The predicted octanol–water partition coefficient (Wildman–Crippen LogP) is 6.68. The van der Waals surface area contributed by atoms with E-state index in [1.165, 1.54) is 12.1 Å². The molecule has 2 N–H and O–H groups in total. The zero-order chi connectivity index (χ0) is 32.9. The van der Waals surface area contributed by atoms with Crippen molar-refractivity contribution in [3.05, 3.63) is 115 Å². The zero-order valence-corrected chi connectivity index (χ0v) is 25.9. The van der Waals surface area contributed by atoms with E-state index < -0.39 is 17.5 Å². The lowest BCUT2D eigenvalue weighted by Gasteiger charge is -2.15. The molecule has 0 spiro atoms. The number of likely N-dealkylation sites (N-methyl/N-ethyl adjacent to an activating group) is 1. The number of fused-ring (bicyclic) bond motifs is 1. The number of imidazole rings is 1. The summed E-state index contributed by atoms with van der Waals surface area (Å²) < 4.78 is 41.3. The normalized spacial score (nSPS) is 11.1. The maximum absolute atomic E-state index is 14.3. The van der Waals surface area contributed by atoms with Crippen molar-refractivity contribution in [2.45, 2.75) is 0 Å². The van der Waals surface area contributed by atoms with Crippen LogP contribution in [0.15, 0.2) is 97.3 Å². The van der Waals surface area contributed by atoms with Crippen LogP contribution in [0.3, 0.4) is 0 Å². The van der Waals surface area contributed by atoms with Gasteiger partial charge in [0.05, 0.1) is 35.6 Å². The maximum Gasteiger partial charge on any atom is 0.255 e. The number of nitrogens with one attached hydrogen (secondary N) is 2. The highest BCUT2D eigenvalue weighted by atomic mass is 19.2. The van der Waals surface area contributed by atoms with Crippen LogP contribution in [-0.4, -0.2) is 64.5 Å². The molecule has 3 aromatic carbocycles. The van der Waals surface area contributed by atoms with Gasteiger partial charge in [0.1, 0.15) is 23.8 Å². The number of aromatic nitrogens is 4. The minimum Gasteiger partial charge on any atom is -0.497 e. The Hall–Kier alpha value is -5.88. The molecule has 3 heterocycles. The van der Waals surface area contributed by atoms with Gasteiger partial charge in [0.25, 0.3) is 5.91 Å². The summed E-state index contributed by atoms with van der Waals surface area (Å²) in [5, 5.41) is 5.72. The second-order valence-electron chi connectivity index (χ2n) is 10.8. The van der Waals surface area contributed by atoms with Gasteiger partial charge in [0.15, 0.2) is 11.6 Å². The number of hydrogen-bond acceptors (Lipinski definition) is 8. The third-order valence-electron chi connectivity index (χ3n) is 7.26. The van der Waals surface area contributed by atoms with Gasteiger partial charge >= 0.3 is 0 Å². The van der Waals surface area contributed by atoms with E-state index in [1.807, 2.05) is 59.9 Å². The molecule has 0 aliphatic carbocycles. The van der Waals surface area contributed by atoms with E-state index in [4.69, 9.17) is 19.4 Å². The van der Waals surface area contributed by atoms with Crippen LogP contribution >= 0.6 is 0 Å². The molecule has 0 radical (unpaired) electrons. The highest BCUT2D eigenvalue weighted by Crippen LogP contribution is 2.34. The van der Waals surface area contributed by atoms with E-state index >= 15 is 0 Å². The highest BCUT2D eigenvalue weighted by molar-refractivity contribution is 6.05. The summed E-state index contributed by atoms with van der Waals surface area (Å²) in [5.74, 6) is -1.18. The van der Waals surface area contributed by atoms with Crippen molar-refractivity contribution < 1.29 is 23.0 Å². The number of pyridine rings is 1. The van der Waals surface area contributed by atoms with E-state index in [0.29, 0.717) is 58.0 Å². The Bertz CT molecular complexity index is 2070. The quantitative estimate of drug-likeness (QED) is 0.162. The molecule has 6 rings (SSSR count). The summed E-state index contributed by atoms with van der Waals surface area (Å²) in [6.45, 7) is 1.27. The van der Waals surface area contributed by atoms with Gasteiger partial charge < -0.3 is 25.0 Å². The second-order valence-corrected chi connectivity index (χ2v) is 10.8. The summed E-state index contributed by atoms with van der Waals surface area (Å²) >= 11 is 0. The van der Waals surface area contributed by atoms with Crippen molar-refractivity contribution in [1.82, 2.24) is 24.3 Å². The number of amides is 1. The van der Waals surface area contributed by atoms with Crippen LogP contribution in [0.4, 0.5) is 26.1 Å². The van der Waals surface area contributed by atoms with Gasteiger partial charge in [-0.05, 0) is 62.6 Å². The summed E-state index contributed by atoms with van der Waals surface area (Å²) in [4.78, 5) is 29.3. The van der Waals surface area contributed by atoms with Gasteiger partial charge in [-0.2, -0.15) is 0 Å². The SMILES string of the molecule is COc1ccn2c(-c3ccnc(Nc4ccccc4OCCN(C)C)n3)c(-c3cccc(C(=O)Nc4cccc(F)c4F)c3)nc2c1. The lowest BCUT2D eigenvalue weighted by Crippen LogP contribution is -2.19. The van der Waals surface area contributed by atoms with Crippen molar-refractivity contribution in [2.24, 2.45) is 0 Å². The molecule has 6 aromatic rings. The van der Waals surface area contributed by atoms with E-state index in [9.17, 15) is 13.6 Å². The molecule has 3 aromatic heterocycles. The average Bonchev–Trinajstić information content (AvgIpc) is 3.46. The summed E-state index contributed by atoms with van der Waals surface area (Å²) in [7, 11) is 5.54. The average molecular weight is 636 g/mol. The molecule has 1 amide bonds. The Morgan fingerprint density at radius 1 is 0.936 bits per heavy atom. The largest absolute Gasteiger partial charge is 0.497 e. The number of ether oxygens (including phenoxy) is 2. The lowest BCUT2D eigenvalue weighted by atomic mass is 10.0. The van der Waals surface area contributed by atoms with E-state index in [-0.39, 0.29) is 11.3 Å². The molecule has 0 atom stereocenters. The number of para-hydroxylation sites is 2. The van der Waals surface area contributed by atoms with Gasteiger partial charge in [-0.1, -0.05) is 30.3 Å². The number of nitrogens with zero attached hydrogens (tertiary/aromatic N) is 5. The summed E-state index contributed by atoms with van der Waals surface area (Å²) in [6, 6.07) is 23.3. The van der Waals surface area contributed by atoms with Crippen molar-refractivity contribution in [3.8, 4) is 34.1 Å². The summed E-state index contributed by atoms with van der Waals surface area (Å²) in [6.07, 6.45) is 3.47. The maximum atomic E-state index is 14.3. The van der Waals surface area contributed by atoms with Crippen LogP contribution in [0.2, 0.25) is 0 Å². The molecule has 0 unspecified atom stereocenters. The molecular formula is C35H31F2N7O3. The first kappa shape index (κ1) is 31.1. The van der Waals surface area contributed by atoms with E-state index in [2.05, 4.69) is 15.6 Å². The number of carbonyl (C=O) groups excluding carboxylic acids is 1. The molecule has 238 valence electrons. The zero-order valence-electron chi connectivity index (χ0n) is 25.9. The first-order valence-corrected chi connectivity index (χ1v) is 14.7. The van der Waals surface area contributed by atoms with Gasteiger partial charge in [0.2, 0.25) is 5.95 Å². The Kier molecular flexibility index (Phi) is 9.02. The van der Waals surface area contributed by atoms with Gasteiger partial charge in [-0.25, -0.2) is 23.7 Å². The van der Waals surface area contributed by atoms with Crippen molar-refractivity contribution >= 4 is 28.9 Å². The van der Waals surface area contributed by atoms with E-state index in [0.717, 1.165) is 12.6 Å². The van der Waals surface area contributed by atoms with Crippen molar-refractivity contribution in [2.75, 3.05) is 45.0 Å². The smallest absolute Gasteiger partial charge is 0.255 e. The molecule has 0 fully saturated rings. The number of benzene rings is 3.